The fourth-order valence-electron chi connectivity index (χ4n) is 1.21. The molecule has 0 bridgehead atoms. The van der Waals surface area contributed by atoms with E-state index in [-0.39, 0.29) is 22.3 Å². The second-order valence-corrected chi connectivity index (χ2v) is 5.24. The molecule has 0 aromatic carbocycles. The van der Waals surface area contributed by atoms with Crippen LogP contribution in [-0.4, -0.2) is 20.4 Å². The second-order valence-electron chi connectivity index (χ2n) is 3.12. The fourth-order valence-corrected chi connectivity index (χ4v) is 3.12. The molecule has 12 heavy (non-hydrogen) atoms. The number of halogens is 1. The molecule has 0 nitrogen and oxygen atoms in total. The van der Waals surface area contributed by atoms with Gasteiger partial charge >= 0.3 is 20.4 Å². The van der Waals surface area contributed by atoms with Gasteiger partial charge in [-0.15, -0.1) is 21.5 Å². The first-order chi connectivity index (χ1) is 4.91. The van der Waals surface area contributed by atoms with Gasteiger partial charge in [-0.05, 0) is 0 Å². The molecule has 74 valence electrons. The Morgan fingerprint density at radius 1 is 0.833 bits per heavy atom. The first kappa shape index (κ1) is 19.1. The van der Waals surface area contributed by atoms with Crippen LogP contribution in [0.2, 0.25) is 9.10 Å². The Hall–Kier alpha value is 1.49. The third-order valence-corrected chi connectivity index (χ3v) is 3.96. The van der Waals surface area contributed by atoms with E-state index in [4.69, 9.17) is 0 Å². The first-order valence-corrected chi connectivity index (χ1v) is 6.91. The van der Waals surface area contributed by atoms with Crippen LogP contribution in [0.15, 0.2) is 0 Å². The van der Waals surface area contributed by atoms with Gasteiger partial charge in [0, 0.05) is 0 Å². The molecular formula is C9H24ClMgP. The predicted octanol–water partition coefficient (Wildman–Crippen LogP) is 4.00. The van der Waals surface area contributed by atoms with Crippen LogP contribution < -0.4 is 0 Å². The molecule has 0 aromatic heterocycles. The van der Waals surface area contributed by atoms with E-state index in [1.54, 1.807) is 9.10 Å². The molecule has 0 aliphatic rings. The Kier molecular flexibility index (Phi) is 29.2. The van der Waals surface area contributed by atoms with E-state index in [0.717, 1.165) is 0 Å². The van der Waals surface area contributed by atoms with Crippen LogP contribution in [-0.2, 0) is 0 Å². The second kappa shape index (κ2) is 18.3. The Morgan fingerprint density at radius 2 is 1.33 bits per heavy atom. The summed E-state index contributed by atoms with van der Waals surface area (Å²) in [6.07, 6.45) is 7.28. The molecule has 0 saturated heterocycles. The monoisotopic (exact) mass is 222 g/mol. The molecule has 3 heteroatoms. The van der Waals surface area contributed by atoms with Gasteiger partial charge in [-0.1, -0.05) is 46.0 Å². The number of hydrogen-bond donors (Lipinski definition) is 0. The fraction of sp³-hybridized carbons (Fsp3) is 1.00. The van der Waals surface area contributed by atoms with Crippen molar-refractivity contribution in [2.75, 3.05) is 0 Å². The highest BCUT2D eigenvalue weighted by atomic mass is 35.5. The lowest BCUT2D eigenvalue weighted by atomic mass is 10.3. The van der Waals surface area contributed by atoms with Crippen molar-refractivity contribution >= 4 is 42.7 Å². The lowest BCUT2D eigenvalue weighted by molar-refractivity contribution is 0.765. The highest BCUT2D eigenvalue weighted by Gasteiger charge is 1.93. The van der Waals surface area contributed by atoms with Crippen LogP contribution in [0.4, 0.5) is 0 Å². The van der Waals surface area contributed by atoms with Crippen LogP contribution in [0, 0.1) is 0 Å². The molecule has 0 rings (SSSR count). The lowest BCUT2D eigenvalue weighted by Crippen LogP contribution is -1.88. The van der Waals surface area contributed by atoms with Crippen molar-refractivity contribution in [3.05, 3.63) is 0 Å². The molecule has 0 aromatic rings. The van der Waals surface area contributed by atoms with Crippen LogP contribution in [0.5, 0.6) is 0 Å². The van der Waals surface area contributed by atoms with Gasteiger partial charge in [0.15, 0.2) is 0 Å². The van der Waals surface area contributed by atoms with Crippen LogP contribution in [0.3, 0.4) is 0 Å². The van der Waals surface area contributed by atoms with Crippen molar-refractivity contribution in [1.29, 1.82) is 0 Å². The van der Waals surface area contributed by atoms with Crippen molar-refractivity contribution in [1.82, 2.24) is 0 Å². The highest BCUT2D eigenvalue weighted by molar-refractivity contribution is 6.92. The zero-order chi connectivity index (χ0) is 7.66. The molecule has 0 aliphatic carbocycles. The summed E-state index contributed by atoms with van der Waals surface area (Å²) in [5, 5.41) is 0. The van der Waals surface area contributed by atoms with E-state index in [1.165, 1.54) is 32.1 Å². The number of unbranched alkanes of at least 4 members (excludes halogenated alkanes) is 3. The zero-order valence-corrected chi connectivity index (χ0v) is 12.4. The zero-order valence-electron chi connectivity index (χ0n) is 8.77. The summed E-state index contributed by atoms with van der Waals surface area (Å²) in [6.45, 7) is 4.58. The summed E-state index contributed by atoms with van der Waals surface area (Å²) in [7, 11) is 0. The van der Waals surface area contributed by atoms with Crippen LogP contribution in [0.25, 0.3) is 0 Å². The summed E-state index contributed by atoms with van der Waals surface area (Å²) in [4.78, 5) is 0. The Labute approximate surface area is 97.4 Å². The largest absolute Gasteiger partial charge is 0.364 e. The predicted molar refractivity (Wildman–Crippen MR) is 68.2 cm³/mol. The summed E-state index contributed by atoms with van der Waals surface area (Å²) < 4.78 is 3.20. The van der Waals surface area contributed by atoms with E-state index in [1.807, 2.05) is 0 Å². The minimum Gasteiger partial charge on any atom is -0.153 e. The van der Waals surface area contributed by atoms with E-state index in [2.05, 4.69) is 13.8 Å². The third-order valence-electron chi connectivity index (χ3n) is 1.96. The molecule has 0 N–H and O–H groups in total. The molecule has 0 amide bonds. The Morgan fingerprint density at radius 3 is 1.83 bits per heavy atom. The third kappa shape index (κ3) is 17.5. The SMILES string of the molecule is CCCC[CH2][Mg][CH2]CCC.Cl.P. The minimum atomic E-state index is 0. The minimum absolute atomic E-state index is 0. The molecule has 0 spiro atoms. The topological polar surface area (TPSA) is 0 Å². The summed E-state index contributed by atoms with van der Waals surface area (Å²) in [5.74, 6) is 0. The number of rotatable bonds is 7. The van der Waals surface area contributed by atoms with Gasteiger partial charge in [-0.2, -0.15) is 9.90 Å². The first-order valence-electron chi connectivity index (χ1n) is 4.91. The van der Waals surface area contributed by atoms with Gasteiger partial charge in [0.1, 0.15) is 0 Å². The molecule has 0 aliphatic heterocycles. The van der Waals surface area contributed by atoms with E-state index >= 15 is 0 Å². The maximum atomic E-state index is 2.29. The Balaban J connectivity index is -0.000000405. The molecule has 0 fully saturated rings. The van der Waals surface area contributed by atoms with Gasteiger partial charge in [-0.3, -0.25) is 0 Å². The average molecular weight is 223 g/mol. The van der Waals surface area contributed by atoms with Crippen LogP contribution in [0.1, 0.15) is 46.0 Å². The van der Waals surface area contributed by atoms with Gasteiger partial charge in [-0.25, -0.2) is 0 Å². The summed E-state index contributed by atoms with van der Waals surface area (Å²) >= 11 is 0.380. The van der Waals surface area contributed by atoms with E-state index in [0.29, 0.717) is 20.4 Å². The van der Waals surface area contributed by atoms with Crippen molar-refractivity contribution < 1.29 is 0 Å². The lowest BCUT2D eigenvalue weighted by Gasteiger charge is -1.95. The van der Waals surface area contributed by atoms with Crippen LogP contribution >= 0.6 is 22.3 Å². The van der Waals surface area contributed by atoms with Crippen molar-refractivity contribution in [2.45, 2.75) is 55.1 Å². The Bertz CT molecular complexity index is 54.5. The van der Waals surface area contributed by atoms with Gasteiger partial charge < -0.3 is 0 Å². The van der Waals surface area contributed by atoms with Crippen molar-refractivity contribution in [3.8, 4) is 0 Å². The van der Waals surface area contributed by atoms with Crippen molar-refractivity contribution in [3.63, 3.8) is 0 Å². The maximum absolute atomic E-state index is 2.29. The summed E-state index contributed by atoms with van der Waals surface area (Å²) in [6, 6.07) is 0. The summed E-state index contributed by atoms with van der Waals surface area (Å²) in [5.41, 5.74) is 0. The van der Waals surface area contributed by atoms with E-state index < -0.39 is 0 Å². The smallest absolute Gasteiger partial charge is 0.153 e. The van der Waals surface area contributed by atoms with Gasteiger partial charge in [0.25, 0.3) is 0 Å². The molecule has 1 unspecified atom stereocenters. The van der Waals surface area contributed by atoms with Crippen molar-refractivity contribution in [2.24, 2.45) is 0 Å². The van der Waals surface area contributed by atoms with E-state index in [9.17, 15) is 0 Å². The van der Waals surface area contributed by atoms with Gasteiger partial charge in [0.05, 0.1) is 0 Å². The highest BCUT2D eigenvalue weighted by Crippen LogP contribution is 2.02. The molecular weight excluding hydrogens is 199 g/mol. The maximum Gasteiger partial charge on any atom is 0.364 e. The molecule has 0 heterocycles. The standard InChI is InChI=1S/C5H11.C4H9.ClH.Mg.H3P/c1-3-5-4-2;1-3-4-2;;;/h1,3-5H2,2H3;1,3-4H2,2H3;1H;;1H3. The molecule has 0 saturated carbocycles. The quantitative estimate of drug-likeness (QED) is 0.347. The van der Waals surface area contributed by atoms with Gasteiger partial charge in [0.2, 0.25) is 0 Å². The normalized spacial score (nSPS) is 7.83. The number of hydrogen-bond acceptors (Lipinski definition) is 0. The average Bonchev–Trinajstić information content (AvgIpc) is 1.97. The molecule has 1 atom stereocenters. The molecule has 0 radical (unpaired) electrons.